The summed E-state index contributed by atoms with van der Waals surface area (Å²) in [5, 5.41) is 0. The van der Waals surface area contributed by atoms with Crippen molar-refractivity contribution in [3.63, 3.8) is 0 Å². The van der Waals surface area contributed by atoms with Gasteiger partial charge in [0.1, 0.15) is 23.9 Å². The normalized spacial score (nSPS) is 17.5. The predicted molar refractivity (Wildman–Crippen MR) is 151 cm³/mol. The lowest BCUT2D eigenvalue weighted by Gasteiger charge is -2.54. The molecule has 3 aromatic rings. The Morgan fingerprint density at radius 2 is 1.38 bits per heavy atom. The van der Waals surface area contributed by atoms with Crippen LogP contribution in [0.4, 0.5) is 4.39 Å². The molecule has 0 bridgehead atoms. The molecule has 0 spiro atoms. The first-order valence-corrected chi connectivity index (χ1v) is 13.6. The van der Waals surface area contributed by atoms with Crippen LogP contribution in [-0.4, -0.2) is 29.6 Å². The van der Waals surface area contributed by atoms with Gasteiger partial charge in [-0.15, -0.1) is 0 Å². The molecule has 4 heteroatoms. The fraction of sp³-hybridized carbons (Fsp3) is 0.455. The number of rotatable bonds is 9. The molecular formula is C33H42FNO2. The largest absolute Gasteiger partial charge is 0.493 e. The molecule has 0 aromatic heterocycles. The third-order valence-corrected chi connectivity index (χ3v) is 8.06. The van der Waals surface area contributed by atoms with Crippen LogP contribution in [0, 0.1) is 5.82 Å². The highest BCUT2D eigenvalue weighted by Crippen LogP contribution is 2.44. The van der Waals surface area contributed by atoms with Crippen molar-refractivity contribution in [3.05, 3.63) is 83.7 Å². The molecule has 0 amide bonds. The van der Waals surface area contributed by atoms with Crippen LogP contribution in [0.25, 0.3) is 11.1 Å². The molecule has 0 N–H and O–H groups in total. The van der Waals surface area contributed by atoms with E-state index in [1.54, 1.807) is 12.1 Å². The van der Waals surface area contributed by atoms with Crippen LogP contribution in [-0.2, 0) is 6.61 Å². The standard InChI is InChI=1S/C33H42FNO2/c1-7-8-19-36-30-18-15-27(31(34)20-30)23-37-29-16-13-25(14-17-29)24-9-11-26(12-10-24)28-21-32(2,3)35(6)33(4,5)22-28/h9-18,20,28H,7-8,19,21-23H2,1-6H3. The van der Waals surface area contributed by atoms with Gasteiger partial charge in [0.05, 0.1) is 6.61 Å². The van der Waals surface area contributed by atoms with Gasteiger partial charge < -0.3 is 9.47 Å². The molecule has 0 radical (unpaired) electrons. The molecule has 1 heterocycles. The maximum atomic E-state index is 14.5. The third kappa shape index (κ3) is 6.54. The van der Waals surface area contributed by atoms with Gasteiger partial charge in [-0.25, -0.2) is 4.39 Å². The Morgan fingerprint density at radius 3 is 1.95 bits per heavy atom. The molecule has 1 aliphatic rings. The first-order chi connectivity index (χ1) is 17.6. The topological polar surface area (TPSA) is 21.7 Å². The average molecular weight is 504 g/mol. The summed E-state index contributed by atoms with van der Waals surface area (Å²) in [6.45, 7) is 12.3. The number of halogens is 1. The number of hydrogen-bond donors (Lipinski definition) is 0. The summed E-state index contributed by atoms with van der Waals surface area (Å²) in [5.74, 6) is 1.54. The number of benzene rings is 3. The van der Waals surface area contributed by atoms with Gasteiger partial charge in [0, 0.05) is 22.7 Å². The molecule has 1 saturated heterocycles. The van der Waals surface area contributed by atoms with Crippen LogP contribution in [0.3, 0.4) is 0 Å². The molecule has 1 fully saturated rings. The summed E-state index contributed by atoms with van der Waals surface area (Å²) in [6.07, 6.45) is 4.33. The maximum absolute atomic E-state index is 14.5. The van der Waals surface area contributed by atoms with Crippen LogP contribution in [0.1, 0.15) is 77.3 Å². The zero-order valence-corrected chi connectivity index (χ0v) is 23.3. The van der Waals surface area contributed by atoms with Crippen molar-refractivity contribution in [1.29, 1.82) is 0 Å². The molecule has 3 aromatic carbocycles. The maximum Gasteiger partial charge on any atom is 0.133 e. The fourth-order valence-electron chi connectivity index (χ4n) is 5.53. The van der Waals surface area contributed by atoms with Gasteiger partial charge in [0.15, 0.2) is 0 Å². The number of ether oxygens (including phenoxy) is 2. The van der Waals surface area contributed by atoms with Crippen molar-refractivity contribution in [3.8, 4) is 22.6 Å². The van der Waals surface area contributed by atoms with Crippen molar-refractivity contribution >= 4 is 0 Å². The molecule has 198 valence electrons. The summed E-state index contributed by atoms with van der Waals surface area (Å²) in [5.41, 5.74) is 4.61. The van der Waals surface area contributed by atoms with E-state index in [1.165, 1.54) is 17.2 Å². The minimum atomic E-state index is -0.304. The summed E-state index contributed by atoms with van der Waals surface area (Å²) in [4.78, 5) is 2.53. The van der Waals surface area contributed by atoms with Gasteiger partial charge >= 0.3 is 0 Å². The van der Waals surface area contributed by atoms with Gasteiger partial charge in [0.2, 0.25) is 0 Å². The molecule has 37 heavy (non-hydrogen) atoms. The summed E-state index contributed by atoms with van der Waals surface area (Å²) < 4.78 is 25.9. The molecule has 0 atom stereocenters. The molecule has 0 unspecified atom stereocenters. The van der Waals surface area contributed by atoms with Crippen molar-refractivity contribution < 1.29 is 13.9 Å². The highest BCUT2D eigenvalue weighted by molar-refractivity contribution is 5.64. The molecule has 1 aliphatic heterocycles. The van der Waals surface area contributed by atoms with E-state index >= 15 is 0 Å². The second-order valence-electron chi connectivity index (χ2n) is 11.7. The Hall–Kier alpha value is -2.85. The van der Waals surface area contributed by atoms with E-state index in [1.807, 2.05) is 12.1 Å². The van der Waals surface area contributed by atoms with Gasteiger partial charge in [-0.05, 0) is 101 Å². The van der Waals surface area contributed by atoms with Gasteiger partial charge in [-0.1, -0.05) is 49.7 Å². The number of piperidine rings is 1. The quantitative estimate of drug-likeness (QED) is 0.273. The Bertz CT molecular complexity index is 1150. The second kappa shape index (κ2) is 11.3. The van der Waals surface area contributed by atoms with Crippen LogP contribution in [0.15, 0.2) is 66.7 Å². The highest BCUT2D eigenvalue weighted by Gasteiger charge is 2.43. The molecule has 0 saturated carbocycles. The number of hydrogen-bond acceptors (Lipinski definition) is 3. The lowest BCUT2D eigenvalue weighted by molar-refractivity contribution is -0.0128. The number of nitrogens with zero attached hydrogens (tertiary/aromatic N) is 1. The Kier molecular flexibility index (Phi) is 8.28. The smallest absolute Gasteiger partial charge is 0.133 e. The second-order valence-corrected chi connectivity index (χ2v) is 11.7. The zero-order chi connectivity index (χ0) is 26.6. The van der Waals surface area contributed by atoms with Crippen LogP contribution >= 0.6 is 0 Å². The van der Waals surface area contributed by atoms with Crippen molar-refractivity contribution in [2.45, 2.75) is 83.9 Å². The van der Waals surface area contributed by atoms with E-state index in [2.05, 4.69) is 83.0 Å². The molecule has 0 aliphatic carbocycles. The third-order valence-electron chi connectivity index (χ3n) is 8.06. The first-order valence-electron chi connectivity index (χ1n) is 13.6. The summed E-state index contributed by atoms with van der Waals surface area (Å²) >= 11 is 0. The van der Waals surface area contributed by atoms with E-state index in [4.69, 9.17) is 9.47 Å². The van der Waals surface area contributed by atoms with E-state index in [0.29, 0.717) is 23.8 Å². The Balaban J connectivity index is 1.36. The van der Waals surface area contributed by atoms with E-state index in [-0.39, 0.29) is 23.5 Å². The van der Waals surface area contributed by atoms with Crippen LogP contribution in [0.5, 0.6) is 11.5 Å². The Morgan fingerprint density at radius 1 is 0.811 bits per heavy atom. The van der Waals surface area contributed by atoms with Gasteiger partial charge in [-0.3, -0.25) is 4.90 Å². The fourth-order valence-corrected chi connectivity index (χ4v) is 5.53. The lowest BCUT2D eigenvalue weighted by Crippen LogP contribution is -2.58. The molecular weight excluding hydrogens is 461 g/mol. The van der Waals surface area contributed by atoms with Crippen LogP contribution in [0.2, 0.25) is 0 Å². The van der Waals surface area contributed by atoms with Gasteiger partial charge in [0.25, 0.3) is 0 Å². The summed E-state index contributed by atoms with van der Waals surface area (Å²) in [7, 11) is 2.25. The highest BCUT2D eigenvalue weighted by atomic mass is 19.1. The SMILES string of the molecule is CCCCOc1ccc(COc2ccc(-c3ccc(C4CC(C)(C)N(C)C(C)(C)C4)cc3)cc2)c(F)c1. The zero-order valence-electron chi connectivity index (χ0n) is 23.3. The Labute approximate surface area is 222 Å². The number of likely N-dealkylation sites (tertiary alicyclic amines) is 1. The number of unbranched alkanes of at least 4 members (excludes halogenated alkanes) is 1. The first kappa shape index (κ1) is 27.2. The minimum Gasteiger partial charge on any atom is -0.493 e. The van der Waals surface area contributed by atoms with E-state index in [0.717, 1.165) is 37.0 Å². The van der Waals surface area contributed by atoms with Crippen molar-refractivity contribution in [2.24, 2.45) is 0 Å². The lowest BCUT2D eigenvalue weighted by atomic mass is 9.71. The monoisotopic (exact) mass is 503 g/mol. The van der Waals surface area contributed by atoms with Gasteiger partial charge in [-0.2, -0.15) is 0 Å². The minimum absolute atomic E-state index is 0.175. The van der Waals surface area contributed by atoms with Crippen molar-refractivity contribution in [1.82, 2.24) is 4.90 Å². The summed E-state index contributed by atoms with van der Waals surface area (Å²) in [6, 6.07) is 22.0. The van der Waals surface area contributed by atoms with E-state index < -0.39 is 0 Å². The van der Waals surface area contributed by atoms with Crippen LogP contribution < -0.4 is 9.47 Å². The van der Waals surface area contributed by atoms with Crippen molar-refractivity contribution in [2.75, 3.05) is 13.7 Å². The van der Waals surface area contributed by atoms with E-state index in [9.17, 15) is 4.39 Å². The predicted octanol–water partition coefficient (Wildman–Crippen LogP) is 8.62. The molecule has 3 nitrogen and oxygen atoms in total. The average Bonchev–Trinajstić information content (AvgIpc) is 2.87. The molecule has 4 rings (SSSR count).